The molecule has 0 aliphatic heterocycles. The van der Waals surface area contributed by atoms with Crippen molar-refractivity contribution in [3.05, 3.63) is 119 Å². The third-order valence-electron chi connectivity index (χ3n) is 6.55. The Morgan fingerprint density at radius 2 is 1.50 bits per heavy atom. The van der Waals surface area contributed by atoms with Crippen molar-refractivity contribution in [2.24, 2.45) is 0 Å². The number of halogens is 3. The molecular formula is C34H30F3N3O5S. The molecule has 0 saturated carbocycles. The zero-order valence-corrected chi connectivity index (χ0v) is 25.8. The van der Waals surface area contributed by atoms with Crippen LogP contribution < -0.4 is 25.4 Å². The molecule has 3 amide bonds. The number of rotatable bonds is 11. The lowest BCUT2D eigenvalue weighted by Crippen LogP contribution is -2.30. The summed E-state index contributed by atoms with van der Waals surface area (Å²) in [4.78, 5) is 39.7. The molecule has 1 atom stereocenters. The van der Waals surface area contributed by atoms with Crippen LogP contribution in [0.15, 0.2) is 108 Å². The molecule has 1 unspecified atom stereocenters. The normalized spacial score (nSPS) is 12.1. The Morgan fingerprint density at radius 1 is 0.826 bits per heavy atom. The van der Waals surface area contributed by atoms with Gasteiger partial charge in [-0.25, -0.2) is 0 Å². The summed E-state index contributed by atoms with van der Waals surface area (Å²) >= 11 is 1.13. The highest BCUT2D eigenvalue weighted by molar-refractivity contribution is 8.00. The zero-order chi connectivity index (χ0) is 33.3. The third-order valence-corrected chi connectivity index (χ3v) is 7.67. The van der Waals surface area contributed by atoms with Gasteiger partial charge in [0.05, 0.1) is 30.7 Å². The SMILES string of the molecule is COc1ccc(/C=C(\NC(=O)c2ccccc2)C(=O)Nc2ccc(SC(C)C(=O)Nc3ccccc3C(F)(F)F)cc2)c(OC)c1. The van der Waals surface area contributed by atoms with Crippen molar-refractivity contribution in [3.8, 4) is 11.5 Å². The minimum absolute atomic E-state index is 0.0554. The topological polar surface area (TPSA) is 106 Å². The fourth-order valence-corrected chi connectivity index (χ4v) is 5.05. The molecule has 0 bridgehead atoms. The van der Waals surface area contributed by atoms with Crippen LogP contribution in [0.4, 0.5) is 24.5 Å². The van der Waals surface area contributed by atoms with Crippen LogP contribution in [0.3, 0.4) is 0 Å². The average molecular weight is 650 g/mol. The zero-order valence-electron chi connectivity index (χ0n) is 25.0. The van der Waals surface area contributed by atoms with Crippen molar-refractivity contribution in [2.45, 2.75) is 23.2 Å². The van der Waals surface area contributed by atoms with Gasteiger partial charge in [-0.3, -0.25) is 14.4 Å². The second kappa shape index (κ2) is 15.2. The highest BCUT2D eigenvalue weighted by atomic mass is 32.2. The smallest absolute Gasteiger partial charge is 0.418 e. The molecule has 0 radical (unpaired) electrons. The van der Waals surface area contributed by atoms with E-state index in [9.17, 15) is 27.6 Å². The molecule has 0 heterocycles. The number of nitrogens with one attached hydrogen (secondary N) is 3. The minimum atomic E-state index is -4.61. The van der Waals surface area contributed by atoms with Crippen LogP contribution in [0.5, 0.6) is 11.5 Å². The van der Waals surface area contributed by atoms with Gasteiger partial charge in [-0.15, -0.1) is 11.8 Å². The van der Waals surface area contributed by atoms with Gasteiger partial charge in [-0.05, 0) is 73.7 Å². The molecule has 3 N–H and O–H groups in total. The number of alkyl halides is 3. The van der Waals surface area contributed by atoms with E-state index < -0.39 is 34.7 Å². The second-order valence-electron chi connectivity index (χ2n) is 9.76. The first-order valence-corrected chi connectivity index (χ1v) is 14.7. The number of hydrogen-bond acceptors (Lipinski definition) is 6. The van der Waals surface area contributed by atoms with Gasteiger partial charge in [0, 0.05) is 27.8 Å². The van der Waals surface area contributed by atoms with Gasteiger partial charge in [0.25, 0.3) is 11.8 Å². The Bertz CT molecular complexity index is 1730. The number of carbonyl (C=O) groups is 3. The van der Waals surface area contributed by atoms with E-state index in [0.717, 1.165) is 17.8 Å². The monoisotopic (exact) mass is 649 g/mol. The van der Waals surface area contributed by atoms with Crippen molar-refractivity contribution >= 4 is 46.9 Å². The molecule has 4 aromatic rings. The lowest BCUT2D eigenvalue weighted by Gasteiger charge is -2.16. The molecule has 0 aromatic heterocycles. The molecule has 0 spiro atoms. The predicted molar refractivity (Wildman–Crippen MR) is 172 cm³/mol. The quantitative estimate of drug-likeness (QED) is 0.117. The number of ether oxygens (including phenoxy) is 2. The summed E-state index contributed by atoms with van der Waals surface area (Å²) < 4.78 is 50.6. The van der Waals surface area contributed by atoms with Crippen LogP contribution in [-0.4, -0.2) is 37.2 Å². The molecule has 0 saturated heterocycles. The number of para-hydroxylation sites is 1. The Kier molecular flexibility index (Phi) is 11.1. The van der Waals surface area contributed by atoms with E-state index in [-0.39, 0.29) is 11.4 Å². The lowest BCUT2D eigenvalue weighted by molar-refractivity contribution is -0.137. The second-order valence-corrected chi connectivity index (χ2v) is 11.2. The summed E-state index contributed by atoms with van der Waals surface area (Å²) in [7, 11) is 2.99. The first-order valence-electron chi connectivity index (χ1n) is 13.8. The molecule has 8 nitrogen and oxygen atoms in total. The number of carbonyl (C=O) groups excluding carboxylic acids is 3. The van der Waals surface area contributed by atoms with Crippen LogP contribution >= 0.6 is 11.8 Å². The molecule has 12 heteroatoms. The van der Waals surface area contributed by atoms with E-state index in [2.05, 4.69) is 16.0 Å². The molecule has 0 aliphatic carbocycles. The molecule has 4 rings (SSSR count). The van der Waals surface area contributed by atoms with Crippen molar-refractivity contribution in [2.75, 3.05) is 24.9 Å². The Balaban J connectivity index is 1.48. The van der Waals surface area contributed by atoms with Crippen LogP contribution in [-0.2, 0) is 15.8 Å². The summed E-state index contributed by atoms with van der Waals surface area (Å²) in [5.41, 5.74) is -0.0456. The van der Waals surface area contributed by atoms with Crippen LogP contribution in [0.2, 0.25) is 0 Å². The minimum Gasteiger partial charge on any atom is -0.497 e. The van der Waals surface area contributed by atoms with E-state index in [1.807, 2.05) is 0 Å². The molecule has 0 aliphatic rings. The number of methoxy groups -OCH3 is 2. The molecule has 0 fully saturated rings. The lowest BCUT2D eigenvalue weighted by atomic mass is 10.1. The number of hydrogen-bond donors (Lipinski definition) is 3. The first-order chi connectivity index (χ1) is 22.0. The van der Waals surface area contributed by atoms with E-state index in [1.165, 1.54) is 38.5 Å². The summed E-state index contributed by atoms with van der Waals surface area (Å²) in [5, 5.41) is 7.04. The third kappa shape index (κ3) is 8.91. The number of thioether (sulfide) groups is 1. The highest BCUT2D eigenvalue weighted by Gasteiger charge is 2.34. The van der Waals surface area contributed by atoms with E-state index in [1.54, 1.807) is 79.7 Å². The highest BCUT2D eigenvalue weighted by Crippen LogP contribution is 2.35. The number of benzene rings is 4. The Labute approximate surface area is 268 Å². The van der Waals surface area contributed by atoms with Gasteiger partial charge >= 0.3 is 6.18 Å². The van der Waals surface area contributed by atoms with Gasteiger partial charge < -0.3 is 25.4 Å². The average Bonchev–Trinajstić information content (AvgIpc) is 3.05. The molecular weight excluding hydrogens is 619 g/mol. The van der Waals surface area contributed by atoms with E-state index in [0.29, 0.717) is 33.2 Å². The largest absolute Gasteiger partial charge is 0.497 e. The summed E-state index contributed by atoms with van der Waals surface area (Å²) in [6, 6.07) is 24.7. The maximum atomic E-state index is 13.4. The van der Waals surface area contributed by atoms with Crippen LogP contribution in [0.25, 0.3) is 6.08 Å². The maximum Gasteiger partial charge on any atom is 0.418 e. The molecule has 238 valence electrons. The van der Waals surface area contributed by atoms with Crippen molar-refractivity contribution in [1.29, 1.82) is 0 Å². The summed E-state index contributed by atoms with van der Waals surface area (Å²) in [5.74, 6) is -0.744. The van der Waals surface area contributed by atoms with Crippen LogP contribution in [0.1, 0.15) is 28.4 Å². The molecule has 4 aromatic carbocycles. The summed E-state index contributed by atoms with van der Waals surface area (Å²) in [6.07, 6.45) is -3.13. The number of anilines is 2. The molecule has 46 heavy (non-hydrogen) atoms. The maximum absolute atomic E-state index is 13.4. The van der Waals surface area contributed by atoms with E-state index in [4.69, 9.17) is 9.47 Å². The van der Waals surface area contributed by atoms with Crippen molar-refractivity contribution in [3.63, 3.8) is 0 Å². The van der Waals surface area contributed by atoms with Gasteiger partial charge in [-0.1, -0.05) is 30.3 Å². The van der Waals surface area contributed by atoms with Crippen molar-refractivity contribution in [1.82, 2.24) is 5.32 Å². The first kappa shape index (κ1) is 33.7. The fraction of sp³-hybridized carbons (Fsp3) is 0.147. The van der Waals surface area contributed by atoms with Crippen molar-refractivity contribution < 1.29 is 37.0 Å². The Morgan fingerprint density at radius 3 is 2.15 bits per heavy atom. The van der Waals surface area contributed by atoms with E-state index >= 15 is 0 Å². The van der Waals surface area contributed by atoms with Gasteiger partial charge in [0.2, 0.25) is 5.91 Å². The Hall–Kier alpha value is -5.23. The predicted octanol–water partition coefficient (Wildman–Crippen LogP) is 7.25. The van der Waals surface area contributed by atoms with Crippen LogP contribution in [0, 0.1) is 0 Å². The number of amides is 3. The standard InChI is InChI=1S/C34H30F3N3O5S/c1-21(31(41)39-28-12-8-7-11-27(28)34(35,36)37)46-26-17-14-24(15-18-26)38-33(43)29(40-32(42)22-9-5-4-6-10-22)19-23-13-16-25(44-2)20-30(23)45-3/h4-21H,1-3H3,(H,38,43)(H,39,41)(H,40,42)/b29-19-. The fourth-order valence-electron chi connectivity index (χ4n) is 4.18. The van der Waals surface area contributed by atoms with Gasteiger partial charge in [0.1, 0.15) is 17.2 Å². The summed E-state index contributed by atoms with van der Waals surface area (Å²) in [6.45, 7) is 1.58. The van der Waals surface area contributed by atoms with Gasteiger partial charge in [-0.2, -0.15) is 13.2 Å². The van der Waals surface area contributed by atoms with Gasteiger partial charge in [0.15, 0.2) is 0 Å².